The van der Waals surface area contributed by atoms with Gasteiger partial charge in [0.1, 0.15) is 5.82 Å². The number of alkyl halides is 2. The van der Waals surface area contributed by atoms with E-state index in [1.54, 1.807) is 25.3 Å². The lowest BCUT2D eigenvalue weighted by atomic mass is 10.1. The summed E-state index contributed by atoms with van der Waals surface area (Å²) < 4.78 is 26.2. The van der Waals surface area contributed by atoms with Gasteiger partial charge in [0.05, 0.1) is 5.56 Å². The van der Waals surface area contributed by atoms with Crippen LogP contribution >= 0.6 is 0 Å². The molecule has 0 spiro atoms. The fourth-order valence-corrected chi connectivity index (χ4v) is 2.18. The maximum Gasteiger partial charge on any atom is 0.300 e. The van der Waals surface area contributed by atoms with Crippen molar-refractivity contribution in [2.45, 2.75) is 13.3 Å². The van der Waals surface area contributed by atoms with Crippen LogP contribution < -0.4 is 5.32 Å². The van der Waals surface area contributed by atoms with Gasteiger partial charge in [0.25, 0.3) is 5.91 Å². The smallest absolute Gasteiger partial charge is 0.300 e. The lowest BCUT2D eigenvalue weighted by Crippen LogP contribution is -2.13. The Labute approximate surface area is 135 Å². The van der Waals surface area contributed by atoms with E-state index in [1.807, 2.05) is 0 Å². The molecular formula is C16H12F2N4O2. The van der Waals surface area contributed by atoms with Crippen molar-refractivity contribution in [1.82, 2.24) is 14.6 Å². The number of nitrogens with one attached hydrogen (secondary N) is 1. The van der Waals surface area contributed by atoms with E-state index in [1.165, 1.54) is 28.8 Å². The summed E-state index contributed by atoms with van der Waals surface area (Å²) in [5, 5.41) is 6.75. The van der Waals surface area contributed by atoms with Crippen molar-refractivity contribution >= 4 is 23.0 Å². The number of rotatable bonds is 4. The van der Waals surface area contributed by atoms with Gasteiger partial charge in [-0.2, -0.15) is 5.10 Å². The number of hydrogen-bond donors (Lipinski definition) is 1. The van der Waals surface area contributed by atoms with Crippen molar-refractivity contribution in [3.63, 3.8) is 0 Å². The Kier molecular flexibility index (Phi) is 4.03. The molecule has 1 amide bonds. The summed E-state index contributed by atoms with van der Waals surface area (Å²) in [7, 11) is 0. The number of halogens is 2. The topological polar surface area (TPSA) is 76.4 Å². The molecule has 24 heavy (non-hydrogen) atoms. The average Bonchev–Trinajstić information content (AvgIpc) is 2.93. The largest absolute Gasteiger partial charge is 0.322 e. The minimum atomic E-state index is -3.05. The first kappa shape index (κ1) is 15.7. The zero-order valence-electron chi connectivity index (χ0n) is 12.5. The SMILES string of the molecule is Cc1nc2ccc(C(=O)Nc3ccc(C(=O)C(F)F)cc3)cn2n1. The second kappa shape index (κ2) is 6.15. The predicted molar refractivity (Wildman–Crippen MR) is 82.5 cm³/mol. The highest BCUT2D eigenvalue weighted by molar-refractivity contribution is 6.04. The molecule has 2 aromatic heterocycles. The molecule has 0 bridgehead atoms. The second-order valence-electron chi connectivity index (χ2n) is 5.08. The van der Waals surface area contributed by atoms with Gasteiger partial charge in [0, 0.05) is 17.4 Å². The van der Waals surface area contributed by atoms with Crippen molar-refractivity contribution in [2.24, 2.45) is 0 Å². The van der Waals surface area contributed by atoms with E-state index in [-0.39, 0.29) is 5.56 Å². The molecular weight excluding hydrogens is 318 g/mol. The number of pyridine rings is 1. The lowest BCUT2D eigenvalue weighted by molar-refractivity contribution is 0.0679. The molecule has 0 fully saturated rings. The number of anilines is 1. The average molecular weight is 330 g/mol. The van der Waals surface area contributed by atoms with Crippen LogP contribution in [-0.4, -0.2) is 32.7 Å². The zero-order valence-corrected chi connectivity index (χ0v) is 12.5. The molecule has 6 nitrogen and oxygen atoms in total. The fourth-order valence-electron chi connectivity index (χ4n) is 2.18. The Morgan fingerprint density at radius 2 is 1.75 bits per heavy atom. The number of aromatic nitrogens is 3. The quantitative estimate of drug-likeness (QED) is 0.746. The molecule has 0 unspecified atom stereocenters. The molecule has 0 saturated carbocycles. The lowest BCUT2D eigenvalue weighted by Gasteiger charge is -2.06. The first-order valence-electron chi connectivity index (χ1n) is 7.01. The highest BCUT2D eigenvalue weighted by Crippen LogP contribution is 2.14. The molecule has 0 aliphatic rings. The molecule has 0 saturated heterocycles. The highest BCUT2D eigenvalue weighted by atomic mass is 19.3. The number of nitrogens with zero attached hydrogens (tertiary/aromatic N) is 3. The molecule has 3 aromatic rings. The van der Waals surface area contributed by atoms with Gasteiger partial charge in [-0.1, -0.05) is 0 Å². The minimum Gasteiger partial charge on any atom is -0.322 e. The Balaban J connectivity index is 1.76. The monoisotopic (exact) mass is 330 g/mol. The molecule has 2 heterocycles. The third kappa shape index (κ3) is 3.12. The highest BCUT2D eigenvalue weighted by Gasteiger charge is 2.17. The summed E-state index contributed by atoms with van der Waals surface area (Å²) in [6, 6.07) is 8.55. The number of Topliss-reactive ketones (excluding diaryl/α,β-unsaturated/α-hetero) is 1. The maximum atomic E-state index is 12.3. The van der Waals surface area contributed by atoms with Gasteiger partial charge in [-0.25, -0.2) is 18.3 Å². The molecule has 1 N–H and O–H groups in total. The molecule has 8 heteroatoms. The number of aryl methyl sites for hydroxylation is 1. The maximum absolute atomic E-state index is 12.3. The van der Waals surface area contributed by atoms with E-state index in [9.17, 15) is 18.4 Å². The van der Waals surface area contributed by atoms with E-state index >= 15 is 0 Å². The summed E-state index contributed by atoms with van der Waals surface area (Å²) >= 11 is 0. The Hall–Kier alpha value is -3.16. The minimum absolute atomic E-state index is 0.109. The van der Waals surface area contributed by atoms with E-state index in [2.05, 4.69) is 15.4 Å². The first-order chi connectivity index (χ1) is 11.4. The van der Waals surface area contributed by atoms with E-state index in [4.69, 9.17) is 0 Å². The first-order valence-corrected chi connectivity index (χ1v) is 7.01. The number of amides is 1. The summed E-state index contributed by atoms with van der Waals surface area (Å²) in [6.45, 7) is 1.75. The number of carbonyl (C=O) groups excluding carboxylic acids is 2. The van der Waals surface area contributed by atoms with Crippen LogP contribution in [0.15, 0.2) is 42.6 Å². The van der Waals surface area contributed by atoms with Crippen LogP contribution in [0.2, 0.25) is 0 Å². The van der Waals surface area contributed by atoms with Gasteiger partial charge >= 0.3 is 6.43 Å². The molecule has 0 atom stereocenters. The molecule has 0 radical (unpaired) electrons. The van der Waals surface area contributed by atoms with Crippen LogP contribution in [0.3, 0.4) is 0 Å². The molecule has 122 valence electrons. The van der Waals surface area contributed by atoms with Crippen LogP contribution in [0.1, 0.15) is 26.5 Å². The van der Waals surface area contributed by atoms with Crippen LogP contribution in [0.5, 0.6) is 0 Å². The number of fused-ring (bicyclic) bond motifs is 1. The van der Waals surface area contributed by atoms with Crippen LogP contribution in [-0.2, 0) is 0 Å². The van der Waals surface area contributed by atoms with E-state index in [0.717, 1.165) is 0 Å². The van der Waals surface area contributed by atoms with Crippen LogP contribution in [0.25, 0.3) is 5.65 Å². The summed E-state index contributed by atoms with van der Waals surface area (Å²) in [5.74, 6) is -1.05. The van der Waals surface area contributed by atoms with Gasteiger partial charge in [-0.3, -0.25) is 9.59 Å². The molecule has 0 aliphatic carbocycles. The second-order valence-corrected chi connectivity index (χ2v) is 5.08. The Bertz CT molecular complexity index is 919. The van der Waals surface area contributed by atoms with Crippen LogP contribution in [0.4, 0.5) is 14.5 Å². The zero-order chi connectivity index (χ0) is 17.3. The van der Waals surface area contributed by atoms with E-state index < -0.39 is 18.1 Å². The predicted octanol–water partition coefficient (Wildman–Crippen LogP) is 2.74. The number of hydrogen-bond acceptors (Lipinski definition) is 4. The van der Waals surface area contributed by atoms with Crippen molar-refractivity contribution in [3.8, 4) is 0 Å². The molecule has 3 rings (SSSR count). The number of ketones is 1. The number of benzene rings is 1. The Morgan fingerprint density at radius 1 is 1.08 bits per heavy atom. The van der Waals surface area contributed by atoms with Crippen LogP contribution in [0, 0.1) is 6.92 Å². The van der Waals surface area contributed by atoms with Crippen molar-refractivity contribution in [3.05, 3.63) is 59.5 Å². The summed E-state index contributed by atoms with van der Waals surface area (Å²) in [5.41, 5.74) is 1.27. The Morgan fingerprint density at radius 3 is 2.42 bits per heavy atom. The number of carbonyl (C=O) groups is 2. The van der Waals surface area contributed by atoms with Gasteiger partial charge in [-0.05, 0) is 43.3 Å². The summed E-state index contributed by atoms with van der Waals surface area (Å²) in [4.78, 5) is 27.6. The van der Waals surface area contributed by atoms with Gasteiger partial charge < -0.3 is 5.32 Å². The van der Waals surface area contributed by atoms with Gasteiger partial charge in [0.2, 0.25) is 5.78 Å². The van der Waals surface area contributed by atoms with Gasteiger partial charge in [-0.15, -0.1) is 0 Å². The van der Waals surface area contributed by atoms with Crippen molar-refractivity contribution in [1.29, 1.82) is 0 Å². The van der Waals surface area contributed by atoms with Crippen molar-refractivity contribution in [2.75, 3.05) is 5.32 Å². The van der Waals surface area contributed by atoms with E-state index in [0.29, 0.717) is 22.7 Å². The van der Waals surface area contributed by atoms with Crippen molar-refractivity contribution < 1.29 is 18.4 Å². The third-order valence-corrected chi connectivity index (χ3v) is 3.32. The molecule has 0 aliphatic heterocycles. The summed E-state index contributed by atoms with van der Waals surface area (Å²) in [6.07, 6.45) is -1.51. The standard InChI is InChI=1S/C16H12F2N4O2/c1-9-19-13-7-4-11(8-22(13)21-9)16(24)20-12-5-2-10(3-6-12)14(23)15(17)18/h2-8,15H,1H3,(H,20,24). The van der Waals surface area contributed by atoms with Gasteiger partial charge in [0.15, 0.2) is 5.65 Å². The fraction of sp³-hybridized carbons (Fsp3) is 0.125. The third-order valence-electron chi connectivity index (χ3n) is 3.32. The normalized spacial score (nSPS) is 11.0. The molecule has 1 aromatic carbocycles.